The van der Waals surface area contributed by atoms with Crippen LogP contribution in [0, 0.1) is 6.92 Å². The Balaban J connectivity index is 2.38. The number of imidazole rings is 1. The van der Waals surface area contributed by atoms with E-state index < -0.39 is 0 Å². The third kappa shape index (κ3) is 2.46. The van der Waals surface area contributed by atoms with Crippen molar-refractivity contribution in [2.45, 2.75) is 6.92 Å². The van der Waals surface area contributed by atoms with E-state index in [0.717, 1.165) is 5.56 Å². The first-order valence-corrected chi connectivity index (χ1v) is 5.89. The lowest BCUT2D eigenvalue weighted by molar-refractivity contribution is 0.101. The fourth-order valence-electron chi connectivity index (χ4n) is 1.92. The average Bonchev–Trinajstić information content (AvgIpc) is 2.84. The highest BCUT2D eigenvalue weighted by molar-refractivity contribution is 6.09. The number of benzene rings is 1. The number of carbonyl (C=O) groups is 1. The van der Waals surface area contributed by atoms with Crippen LogP contribution in [0.15, 0.2) is 35.9 Å². The van der Waals surface area contributed by atoms with E-state index in [0.29, 0.717) is 16.9 Å². The van der Waals surface area contributed by atoms with E-state index >= 15 is 0 Å². The molecule has 2 rings (SSSR count). The number of carbonyl (C=O) groups excluding carboxylic acids is 1. The van der Waals surface area contributed by atoms with Crippen molar-refractivity contribution in [3.05, 3.63) is 47.5 Å². The predicted molar refractivity (Wildman–Crippen MR) is 74.9 cm³/mol. The molecule has 2 aromatic rings. The van der Waals surface area contributed by atoms with Gasteiger partial charge in [0.25, 0.3) is 5.91 Å². The Labute approximate surface area is 115 Å². The zero-order valence-electron chi connectivity index (χ0n) is 11.2. The fraction of sp³-hybridized carbons (Fsp3) is 0.154. The van der Waals surface area contributed by atoms with Crippen molar-refractivity contribution >= 4 is 17.4 Å². The molecular weight excluding hydrogens is 258 g/mol. The van der Waals surface area contributed by atoms with Crippen LogP contribution in [0.25, 0.3) is 0 Å². The number of rotatable bonds is 3. The first-order valence-electron chi connectivity index (χ1n) is 5.89. The summed E-state index contributed by atoms with van der Waals surface area (Å²) in [5, 5.41) is 14.6. The lowest BCUT2D eigenvalue weighted by Crippen LogP contribution is -2.21. The summed E-state index contributed by atoms with van der Waals surface area (Å²) < 4.78 is 1.61. The molecule has 0 spiro atoms. The highest BCUT2D eigenvalue weighted by atomic mass is 16.4. The third-order valence-electron chi connectivity index (χ3n) is 2.93. The van der Waals surface area contributed by atoms with Gasteiger partial charge in [0.15, 0.2) is 5.84 Å². The van der Waals surface area contributed by atoms with Gasteiger partial charge in [-0.15, -0.1) is 0 Å². The van der Waals surface area contributed by atoms with Gasteiger partial charge in [0, 0.05) is 12.6 Å². The zero-order chi connectivity index (χ0) is 14.7. The largest absolute Gasteiger partial charge is 0.409 e. The predicted octanol–water partition coefficient (Wildman–Crippen LogP) is 1.08. The van der Waals surface area contributed by atoms with E-state index in [4.69, 9.17) is 10.9 Å². The van der Waals surface area contributed by atoms with Crippen LogP contribution in [0.5, 0.6) is 0 Å². The minimum absolute atomic E-state index is 0.0524. The van der Waals surface area contributed by atoms with Crippen molar-refractivity contribution < 1.29 is 10.0 Å². The summed E-state index contributed by atoms with van der Waals surface area (Å²) in [4.78, 5) is 16.0. The van der Waals surface area contributed by atoms with Gasteiger partial charge in [-0.25, -0.2) is 4.98 Å². The number of oxime groups is 1. The van der Waals surface area contributed by atoms with E-state index in [9.17, 15) is 4.79 Å². The van der Waals surface area contributed by atoms with Crippen LogP contribution in [0.2, 0.25) is 0 Å². The number of hydrogen-bond donors (Lipinski definition) is 3. The molecule has 0 aliphatic carbocycles. The Kier molecular flexibility index (Phi) is 3.69. The third-order valence-corrected chi connectivity index (χ3v) is 2.93. The van der Waals surface area contributed by atoms with Crippen LogP contribution in [-0.4, -0.2) is 26.5 Å². The van der Waals surface area contributed by atoms with Gasteiger partial charge in [-0.05, 0) is 18.6 Å². The Morgan fingerprint density at radius 3 is 2.85 bits per heavy atom. The molecule has 7 nitrogen and oxygen atoms in total. The van der Waals surface area contributed by atoms with E-state index in [1.165, 1.54) is 12.5 Å². The Bertz CT molecular complexity index is 675. The summed E-state index contributed by atoms with van der Waals surface area (Å²) in [6.07, 6.45) is 3.00. The lowest BCUT2D eigenvalue weighted by Gasteiger charge is -2.12. The average molecular weight is 273 g/mol. The van der Waals surface area contributed by atoms with Crippen LogP contribution in [0.4, 0.5) is 5.69 Å². The molecule has 104 valence electrons. The summed E-state index contributed by atoms with van der Waals surface area (Å²) in [7, 11) is 1.72. The van der Waals surface area contributed by atoms with E-state index in [1.807, 2.05) is 13.0 Å². The van der Waals surface area contributed by atoms with Crippen LogP contribution < -0.4 is 11.1 Å². The molecule has 0 radical (unpaired) electrons. The standard InChI is InChI=1S/C13H15N5O2/c1-8-4-3-5-9(11(8)12(14)17-20)16-13(19)10-6-15-7-18(10)2/h3-7,20H,1-2H3,(H2,14,17)(H,16,19). The van der Waals surface area contributed by atoms with E-state index in [2.05, 4.69) is 15.5 Å². The quantitative estimate of drug-likeness (QED) is 0.336. The summed E-state index contributed by atoms with van der Waals surface area (Å²) in [6, 6.07) is 5.28. The number of nitrogens with zero attached hydrogens (tertiary/aromatic N) is 3. The molecule has 1 amide bonds. The first-order chi connectivity index (χ1) is 9.54. The molecule has 1 heterocycles. The molecule has 0 atom stereocenters. The van der Waals surface area contributed by atoms with Crippen molar-refractivity contribution in [2.75, 3.05) is 5.32 Å². The maximum Gasteiger partial charge on any atom is 0.273 e. The molecule has 7 heteroatoms. The molecule has 20 heavy (non-hydrogen) atoms. The minimum atomic E-state index is -0.317. The topological polar surface area (TPSA) is 106 Å². The van der Waals surface area contributed by atoms with E-state index in [1.54, 1.807) is 23.7 Å². The van der Waals surface area contributed by atoms with Crippen molar-refractivity contribution in [3.63, 3.8) is 0 Å². The van der Waals surface area contributed by atoms with Gasteiger partial charge in [-0.2, -0.15) is 0 Å². The van der Waals surface area contributed by atoms with Gasteiger partial charge in [-0.1, -0.05) is 17.3 Å². The molecule has 0 bridgehead atoms. The molecular formula is C13H15N5O2. The summed E-state index contributed by atoms with van der Waals surface area (Å²) in [6.45, 7) is 1.81. The summed E-state index contributed by atoms with van der Waals surface area (Å²) in [5.74, 6) is -0.369. The van der Waals surface area contributed by atoms with Crippen LogP contribution >= 0.6 is 0 Å². The SMILES string of the molecule is Cc1cccc(NC(=O)c2cncn2C)c1/C(N)=N/O. The number of hydrogen-bond acceptors (Lipinski definition) is 4. The highest BCUT2D eigenvalue weighted by Crippen LogP contribution is 2.20. The zero-order valence-corrected chi connectivity index (χ0v) is 11.2. The van der Waals surface area contributed by atoms with Gasteiger partial charge in [0.1, 0.15) is 5.69 Å². The van der Waals surface area contributed by atoms with Crippen molar-refractivity contribution in [2.24, 2.45) is 17.9 Å². The number of anilines is 1. The molecule has 4 N–H and O–H groups in total. The number of aryl methyl sites for hydroxylation is 2. The molecule has 0 aliphatic heterocycles. The van der Waals surface area contributed by atoms with Gasteiger partial charge in [0.05, 0.1) is 18.2 Å². The first kappa shape index (κ1) is 13.6. The number of aromatic nitrogens is 2. The molecule has 1 aromatic heterocycles. The summed E-state index contributed by atoms with van der Waals surface area (Å²) >= 11 is 0. The van der Waals surface area contributed by atoms with Crippen molar-refractivity contribution in [1.29, 1.82) is 0 Å². The second kappa shape index (κ2) is 5.43. The molecule has 0 fully saturated rings. The molecule has 0 aliphatic rings. The number of amides is 1. The number of amidine groups is 1. The van der Waals surface area contributed by atoms with Crippen molar-refractivity contribution in [3.8, 4) is 0 Å². The van der Waals surface area contributed by atoms with Gasteiger partial charge < -0.3 is 20.8 Å². The van der Waals surface area contributed by atoms with Crippen molar-refractivity contribution in [1.82, 2.24) is 9.55 Å². The fourth-order valence-corrected chi connectivity index (χ4v) is 1.92. The van der Waals surface area contributed by atoms with Crippen LogP contribution in [-0.2, 0) is 7.05 Å². The lowest BCUT2D eigenvalue weighted by atomic mass is 10.1. The van der Waals surface area contributed by atoms with Crippen LogP contribution in [0.1, 0.15) is 21.6 Å². The van der Waals surface area contributed by atoms with Gasteiger partial charge >= 0.3 is 0 Å². The maximum absolute atomic E-state index is 12.2. The molecule has 0 unspecified atom stereocenters. The minimum Gasteiger partial charge on any atom is -0.409 e. The Hall–Kier alpha value is -2.83. The van der Waals surface area contributed by atoms with E-state index in [-0.39, 0.29) is 11.7 Å². The summed E-state index contributed by atoms with van der Waals surface area (Å²) in [5.41, 5.74) is 7.83. The maximum atomic E-state index is 12.2. The molecule has 1 aromatic carbocycles. The second-order valence-corrected chi connectivity index (χ2v) is 4.33. The second-order valence-electron chi connectivity index (χ2n) is 4.33. The highest BCUT2D eigenvalue weighted by Gasteiger charge is 2.15. The van der Waals surface area contributed by atoms with Gasteiger partial charge in [-0.3, -0.25) is 4.79 Å². The van der Waals surface area contributed by atoms with Gasteiger partial charge in [0.2, 0.25) is 0 Å². The Morgan fingerprint density at radius 2 is 2.25 bits per heavy atom. The number of nitrogens with two attached hydrogens (primary N) is 1. The van der Waals surface area contributed by atoms with Crippen LogP contribution in [0.3, 0.4) is 0 Å². The normalized spacial score (nSPS) is 11.4. The Morgan fingerprint density at radius 1 is 1.50 bits per heavy atom. The number of nitrogens with one attached hydrogen (secondary N) is 1. The molecule has 0 saturated heterocycles. The molecule has 0 saturated carbocycles. The smallest absolute Gasteiger partial charge is 0.273 e. The monoisotopic (exact) mass is 273 g/mol.